The Bertz CT molecular complexity index is 343. The highest BCUT2D eigenvalue weighted by atomic mass is 16.5. The molecule has 0 spiro atoms. The topological polar surface area (TPSA) is 35.5 Å². The fourth-order valence-corrected chi connectivity index (χ4v) is 4.33. The van der Waals surface area contributed by atoms with Crippen LogP contribution >= 0.6 is 0 Å². The highest BCUT2D eigenvalue weighted by Crippen LogP contribution is 2.15. The molecule has 186 valence electrons. The Morgan fingerprint density at radius 3 is 0.935 bits per heavy atom. The van der Waals surface area contributed by atoms with Gasteiger partial charge in [0, 0.05) is 20.1 Å². The monoisotopic (exact) mass is 440 g/mol. The SMILES string of the molecule is COCCCCCCCCCCCCCCCCCCCCCCCCCC(=O)OC. The van der Waals surface area contributed by atoms with E-state index in [0.29, 0.717) is 6.42 Å². The van der Waals surface area contributed by atoms with E-state index < -0.39 is 0 Å². The standard InChI is InChI=1S/C28H56O3/c1-30-27-25-23-21-19-17-15-13-11-9-7-5-3-4-6-8-10-12-14-16-18-20-22-24-26-28(29)31-2/h3-27H2,1-2H3. The van der Waals surface area contributed by atoms with Gasteiger partial charge >= 0.3 is 5.97 Å². The van der Waals surface area contributed by atoms with Crippen LogP contribution in [-0.4, -0.2) is 26.8 Å². The number of carbonyl (C=O) groups is 1. The van der Waals surface area contributed by atoms with Gasteiger partial charge in [0.2, 0.25) is 0 Å². The van der Waals surface area contributed by atoms with Crippen LogP contribution in [0, 0.1) is 0 Å². The number of esters is 1. The molecular formula is C28H56O3. The minimum atomic E-state index is -0.0638. The lowest BCUT2D eigenvalue weighted by molar-refractivity contribution is -0.140. The van der Waals surface area contributed by atoms with Crippen molar-refractivity contribution in [2.24, 2.45) is 0 Å². The van der Waals surface area contributed by atoms with Gasteiger partial charge in [-0.25, -0.2) is 0 Å². The minimum absolute atomic E-state index is 0.0638. The number of rotatable bonds is 26. The van der Waals surface area contributed by atoms with E-state index in [1.54, 1.807) is 7.11 Å². The summed E-state index contributed by atoms with van der Waals surface area (Å²) in [5, 5.41) is 0. The zero-order valence-electron chi connectivity index (χ0n) is 21.4. The normalized spacial score (nSPS) is 11.2. The summed E-state index contributed by atoms with van der Waals surface area (Å²) < 4.78 is 9.75. The van der Waals surface area contributed by atoms with Gasteiger partial charge in [-0.05, 0) is 12.8 Å². The second-order valence-corrected chi connectivity index (χ2v) is 9.45. The number of carbonyl (C=O) groups excluding carboxylic acids is 1. The number of ether oxygens (including phenoxy) is 2. The Morgan fingerprint density at radius 1 is 0.419 bits per heavy atom. The summed E-state index contributed by atoms with van der Waals surface area (Å²) in [4.78, 5) is 11.0. The number of hydrogen-bond acceptors (Lipinski definition) is 3. The third-order valence-electron chi connectivity index (χ3n) is 6.46. The molecule has 31 heavy (non-hydrogen) atoms. The van der Waals surface area contributed by atoms with Crippen molar-refractivity contribution in [3.63, 3.8) is 0 Å². The summed E-state index contributed by atoms with van der Waals surface area (Å²) in [6, 6.07) is 0. The Balaban J connectivity index is 3.01. The molecule has 0 amide bonds. The van der Waals surface area contributed by atoms with Crippen molar-refractivity contribution in [1.29, 1.82) is 0 Å². The zero-order chi connectivity index (χ0) is 22.7. The van der Waals surface area contributed by atoms with E-state index in [0.717, 1.165) is 13.0 Å². The maximum absolute atomic E-state index is 11.0. The van der Waals surface area contributed by atoms with Crippen molar-refractivity contribution in [2.75, 3.05) is 20.8 Å². The van der Waals surface area contributed by atoms with Crippen molar-refractivity contribution in [3.05, 3.63) is 0 Å². The predicted octanol–water partition coefficient (Wildman–Crippen LogP) is 9.17. The average Bonchev–Trinajstić information content (AvgIpc) is 2.78. The lowest BCUT2D eigenvalue weighted by Crippen LogP contribution is -1.99. The van der Waals surface area contributed by atoms with Gasteiger partial charge in [0.15, 0.2) is 0 Å². The van der Waals surface area contributed by atoms with E-state index in [2.05, 4.69) is 4.74 Å². The quantitative estimate of drug-likeness (QED) is 0.0993. The first-order valence-corrected chi connectivity index (χ1v) is 13.9. The first-order chi connectivity index (χ1) is 15.3. The summed E-state index contributed by atoms with van der Waals surface area (Å²) in [5.41, 5.74) is 0. The Kier molecular flexibility index (Phi) is 27.0. The van der Waals surface area contributed by atoms with Crippen LogP contribution in [0.1, 0.15) is 154 Å². The maximum Gasteiger partial charge on any atom is 0.305 e. The second kappa shape index (κ2) is 27.5. The maximum atomic E-state index is 11.0. The fraction of sp³-hybridized carbons (Fsp3) is 0.964. The van der Waals surface area contributed by atoms with E-state index >= 15 is 0 Å². The second-order valence-electron chi connectivity index (χ2n) is 9.45. The third-order valence-corrected chi connectivity index (χ3v) is 6.46. The average molecular weight is 441 g/mol. The molecule has 3 nitrogen and oxygen atoms in total. The Labute approximate surface area is 195 Å². The van der Waals surface area contributed by atoms with Crippen LogP contribution in [-0.2, 0) is 14.3 Å². The molecule has 0 aromatic carbocycles. The molecule has 0 rings (SSSR count). The van der Waals surface area contributed by atoms with Crippen molar-refractivity contribution in [3.8, 4) is 0 Å². The van der Waals surface area contributed by atoms with Crippen molar-refractivity contribution in [1.82, 2.24) is 0 Å². The number of methoxy groups -OCH3 is 2. The van der Waals surface area contributed by atoms with E-state index in [9.17, 15) is 4.79 Å². The fourth-order valence-electron chi connectivity index (χ4n) is 4.33. The van der Waals surface area contributed by atoms with Crippen LogP contribution in [0.4, 0.5) is 0 Å². The van der Waals surface area contributed by atoms with Crippen molar-refractivity contribution >= 4 is 5.97 Å². The van der Waals surface area contributed by atoms with Crippen molar-refractivity contribution in [2.45, 2.75) is 154 Å². The van der Waals surface area contributed by atoms with E-state index in [1.807, 2.05) is 0 Å². The number of unbranched alkanes of at least 4 members (excludes halogenated alkanes) is 22. The smallest absolute Gasteiger partial charge is 0.305 e. The van der Waals surface area contributed by atoms with Crippen LogP contribution in [0.2, 0.25) is 0 Å². The zero-order valence-corrected chi connectivity index (χ0v) is 21.4. The minimum Gasteiger partial charge on any atom is -0.469 e. The first-order valence-electron chi connectivity index (χ1n) is 13.9. The molecule has 0 bridgehead atoms. The molecule has 0 aromatic rings. The summed E-state index contributed by atoms with van der Waals surface area (Å²) >= 11 is 0. The Hall–Kier alpha value is -0.570. The van der Waals surface area contributed by atoms with Gasteiger partial charge < -0.3 is 9.47 Å². The van der Waals surface area contributed by atoms with E-state index in [4.69, 9.17) is 4.74 Å². The highest BCUT2D eigenvalue weighted by Gasteiger charge is 1.99. The molecule has 0 aliphatic heterocycles. The van der Waals surface area contributed by atoms with Crippen LogP contribution < -0.4 is 0 Å². The molecule has 0 saturated carbocycles. The van der Waals surface area contributed by atoms with Crippen LogP contribution in [0.3, 0.4) is 0 Å². The lowest BCUT2D eigenvalue weighted by Gasteiger charge is -2.04. The van der Waals surface area contributed by atoms with Crippen LogP contribution in [0.5, 0.6) is 0 Å². The first kappa shape index (κ1) is 30.4. The summed E-state index contributed by atoms with van der Waals surface area (Å²) in [5.74, 6) is -0.0638. The van der Waals surface area contributed by atoms with Gasteiger partial charge in [0.25, 0.3) is 0 Å². The molecule has 0 fully saturated rings. The molecule has 0 N–H and O–H groups in total. The molecule has 3 heteroatoms. The van der Waals surface area contributed by atoms with Crippen LogP contribution in [0.25, 0.3) is 0 Å². The molecule has 0 radical (unpaired) electrons. The van der Waals surface area contributed by atoms with Gasteiger partial charge in [-0.2, -0.15) is 0 Å². The van der Waals surface area contributed by atoms with Crippen molar-refractivity contribution < 1.29 is 14.3 Å². The number of hydrogen-bond donors (Lipinski definition) is 0. The molecule has 0 heterocycles. The summed E-state index contributed by atoms with van der Waals surface area (Å²) in [6.07, 6.45) is 32.3. The molecule has 0 aliphatic carbocycles. The molecule has 0 aromatic heterocycles. The molecular weight excluding hydrogens is 384 g/mol. The molecule has 0 saturated heterocycles. The third kappa shape index (κ3) is 27.4. The van der Waals surface area contributed by atoms with Gasteiger partial charge in [0.05, 0.1) is 7.11 Å². The van der Waals surface area contributed by atoms with E-state index in [1.165, 1.54) is 148 Å². The summed E-state index contributed by atoms with van der Waals surface area (Å²) in [6.45, 7) is 0.933. The largest absolute Gasteiger partial charge is 0.469 e. The van der Waals surface area contributed by atoms with Gasteiger partial charge in [-0.1, -0.05) is 135 Å². The predicted molar refractivity (Wildman–Crippen MR) is 135 cm³/mol. The molecule has 0 atom stereocenters. The Morgan fingerprint density at radius 2 is 0.677 bits per heavy atom. The van der Waals surface area contributed by atoms with Crippen LogP contribution in [0.15, 0.2) is 0 Å². The highest BCUT2D eigenvalue weighted by molar-refractivity contribution is 5.68. The molecule has 0 unspecified atom stereocenters. The summed E-state index contributed by atoms with van der Waals surface area (Å²) in [7, 11) is 3.27. The van der Waals surface area contributed by atoms with Gasteiger partial charge in [-0.15, -0.1) is 0 Å². The lowest BCUT2D eigenvalue weighted by atomic mass is 10.0. The molecule has 0 aliphatic rings. The van der Waals surface area contributed by atoms with Gasteiger partial charge in [0.1, 0.15) is 0 Å². The van der Waals surface area contributed by atoms with Gasteiger partial charge in [-0.3, -0.25) is 4.79 Å². The van der Waals surface area contributed by atoms with E-state index in [-0.39, 0.29) is 5.97 Å².